The molecule has 3 rings (SSSR count). The fraction of sp³-hybridized carbons (Fsp3) is 0.438. The van der Waals surface area contributed by atoms with Crippen molar-refractivity contribution < 1.29 is 9.90 Å². The van der Waals surface area contributed by atoms with Crippen LogP contribution in [0.5, 0.6) is 0 Å². The summed E-state index contributed by atoms with van der Waals surface area (Å²) in [5.74, 6) is -1.10. The predicted octanol–water partition coefficient (Wildman–Crippen LogP) is 3.47. The van der Waals surface area contributed by atoms with E-state index in [0.717, 1.165) is 24.9 Å². The maximum absolute atomic E-state index is 11.3. The van der Waals surface area contributed by atoms with E-state index >= 15 is 0 Å². The highest BCUT2D eigenvalue weighted by Gasteiger charge is 2.22. The molecule has 0 spiro atoms. The molecule has 3 nitrogen and oxygen atoms in total. The zero-order chi connectivity index (χ0) is 13.6. The molecule has 2 aromatic rings. The first-order valence-electron chi connectivity index (χ1n) is 6.97. The number of aromatic nitrogens is 1. The molecule has 3 heteroatoms. The van der Waals surface area contributed by atoms with Gasteiger partial charge < -0.3 is 9.67 Å². The number of aryl methyl sites for hydroxylation is 3. The lowest BCUT2D eigenvalue weighted by Gasteiger charge is -2.19. The molecule has 0 radical (unpaired) electrons. The Morgan fingerprint density at radius 1 is 1.42 bits per heavy atom. The fourth-order valence-corrected chi connectivity index (χ4v) is 3.32. The Morgan fingerprint density at radius 3 is 2.89 bits per heavy atom. The Balaban J connectivity index is 2.22. The van der Waals surface area contributed by atoms with Crippen molar-refractivity contribution >= 4 is 16.9 Å². The van der Waals surface area contributed by atoms with Crippen LogP contribution in [-0.4, -0.2) is 15.6 Å². The number of aliphatic carboxylic acids is 1. The van der Waals surface area contributed by atoms with Crippen molar-refractivity contribution in [1.82, 2.24) is 4.57 Å². The standard InChI is InChI=1S/C16H19NO2/c1-3-14(16(18)19)12-8-11-5-4-6-17-10(2)7-13(9-12)15(11)17/h7-9,14H,3-6H2,1-2H3,(H,18,19). The van der Waals surface area contributed by atoms with E-state index in [1.165, 1.54) is 22.2 Å². The van der Waals surface area contributed by atoms with Gasteiger partial charge in [0, 0.05) is 17.6 Å². The number of benzene rings is 1. The van der Waals surface area contributed by atoms with Crippen molar-refractivity contribution in [2.45, 2.75) is 45.6 Å². The van der Waals surface area contributed by atoms with Gasteiger partial charge in [-0.25, -0.2) is 0 Å². The number of hydrogen-bond donors (Lipinski definition) is 1. The molecule has 1 aromatic carbocycles. The Kier molecular flexibility index (Phi) is 2.85. The van der Waals surface area contributed by atoms with Gasteiger partial charge in [0.2, 0.25) is 0 Å². The molecule has 1 aliphatic heterocycles. The van der Waals surface area contributed by atoms with Crippen LogP contribution in [0.3, 0.4) is 0 Å². The molecule has 1 aliphatic rings. The quantitative estimate of drug-likeness (QED) is 0.914. The van der Waals surface area contributed by atoms with Crippen molar-refractivity contribution in [2.24, 2.45) is 0 Å². The molecule has 0 saturated heterocycles. The fourth-order valence-electron chi connectivity index (χ4n) is 3.32. The van der Waals surface area contributed by atoms with Gasteiger partial charge in [-0.15, -0.1) is 0 Å². The van der Waals surface area contributed by atoms with Gasteiger partial charge in [0.05, 0.1) is 11.4 Å². The first-order chi connectivity index (χ1) is 9.11. The van der Waals surface area contributed by atoms with Gasteiger partial charge in [-0.05, 0) is 49.4 Å². The summed E-state index contributed by atoms with van der Waals surface area (Å²) in [4.78, 5) is 11.3. The molecule has 0 bridgehead atoms. The third-order valence-corrected chi connectivity index (χ3v) is 4.24. The summed E-state index contributed by atoms with van der Waals surface area (Å²) in [5, 5.41) is 10.5. The second kappa shape index (κ2) is 4.41. The Hall–Kier alpha value is -1.77. The lowest BCUT2D eigenvalue weighted by Crippen LogP contribution is -2.13. The molecular formula is C16H19NO2. The molecule has 0 aliphatic carbocycles. The maximum atomic E-state index is 11.3. The van der Waals surface area contributed by atoms with E-state index < -0.39 is 5.97 Å². The summed E-state index contributed by atoms with van der Waals surface area (Å²) in [7, 11) is 0. The van der Waals surface area contributed by atoms with Gasteiger partial charge in [0.1, 0.15) is 0 Å². The zero-order valence-corrected chi connectivity index (χ0v) is 11.4. The van der Waals surface area contributed by atoms with Gasteiger partial charge in [0.15, 0.2) is 0 Å². The second-order valence-corrected chi connectivity index (χ2v) is 5.46. The van der Waals surface area contributed by atoms with Crippen LogP contribution < -0.4 is 0 Å². The number of hydrogen-bond acceptors (Lipinski definition) is 1. The summed E-state index contributed by atoms with van der Waals surface area (Å²) in [6.45, 7) is 5.14. The average Bonchev–Trinajstić information content (AvgIpc) is 2.68. The largest absolute Gasteiger partial charge is 0.481 e. The summed E-state index contributed by atoms with van der Waals surface area (Å²) in [6, 6.07) is 6.36. The third-order valence-electron chi connectivity index (χ3n) is 4.24. The van der Waals surface area contributed by atoms with Crippen LogP contribution >= 0.6 is 0 Å². The molecule has 2 heterocycles. The van der Waals surface area contributed by atoms with Gasteiger partial charge in [-0.3, -0.25) is 4.79 Å². The monoisotopic (exact) mass is 257 g/mol. The summed E-state index contributed by atoms with van der Waals surface area (Å²) in [5.41, 5.74) is 4.85. The van der Waals surface area contributed by atoms with E-state index in [9.17, 15) is 9.90 Å². The Labute approximate surface area is 112 Å². The minimum atomic E-state index is -0.721. The summed E-state index contributed by atoms with van der Waals surface area (Å²) >= 11 is 0. The van der Waals surface area contributed by atoms with Crippen LogP contribution in [0.15, 0.2) is 18.2 Å². The van der Waals surface area contributed by atoms with Crippen LogP contribution in [0.25, 0.3) is 10.9 Å². The number of carboxylic acid groups (broad SMARTS) is 1. The molecule has 1 atom stereocenters. The number of carbonyl (C=O) groups is 1. The maximum Gasteiger partial charge on any atom is 0.310 e. The highest BCUT2D eigenvalue weighted by Crippen LogP contribution is 2.33. The molecule has 0 saturated carbocycles. The van der Waals surface area contributed by atoms with E-state index in [1.54, 1.807) is 0 Å². The van der Waals surface area contributed by atoms with E-state index in [-0.39, 0.29) is 5.92 Å². The molecule has 1 aromatic heterocycles. The van der Waals surface area contributed by atoms with Crippen LogP contribution in [0.2, 0.25) is 0 Å². The van der Waals surface area contributed by atoms with E-state index in [2.05, 4.69) is 29.7 Å². The van der Waals surface area contributed by atoms with Gasteiger partial charge in [-0.2, -0.15) is 0 Å². The average molecular weight is 257 g/mol. The van der Waals surface area contributed by atoms with Crippen LogP contribution in [0.4, 0.5) is 0 Å². The van der Waals surface area contributed by atoms with Crippen LogP contribution in [0.1, 0.15) is 42.5 Å². The normalized spacial score (nSPS) is 15.7. The smallest absolute Gasteiger partial charge is 0.310 e. The summed E-state index contributed by atoms with van der Waals surface area (Å²) < 4.78 is 2.36. The topological polar surface area (TPSA) is 42.2 Å². The molecule has 1 N–H and O–H groups in total. The molecule has 0 fully saturated rings. The van der Waals surface area contributed by atoms with Crippen molar-refractivity contribution in [3.8, 4) is 0 Å². The first-order valence-corrected chi connectivity index (χ1v) is 6.97. The van der Waals surface area contributed by atoms with E-state index in [0.29, 0.717) is 6.42 Å². The first kappa shape index (κ1) is 12.3. The molecule has 1 unspecified atom stereocenters. The lowest BCUT2D eigenvalue weighted by molar-refractivity contribution is -0.138. The molecule has 19 heavy (non-hydrogen) atoms. The minimum Gasteiger partial charge on any atom is -0.481 e. The molecular weight excluding hydrogens is 238 g/mol. The predicted molar refractivity (Wildman–Crippen MR) is 75.7 cm³/mol. The Morgan fingerprint density at radius 2 is 2.21 bits per heavy atom. The zero-order valence-electron chi connectivity index (χ0n) is 11.4. The third kappa shape index (κ3) is 1.84. The van der Waals surface area contributed by atoms with Crippen LogP contribution in [0, 0.1) is 6.92 Å². The lowest BCUT2D eigenvalue weighted by atomic mass is 9.91. The van der Waals surface area contributed by atoms with Gasteiger partial charge >= 0.3 is 5.97 Å². The van der Waals surface area contributed by atoms with E-state index in [4.69, 9.17) is 0 Å². The number of nitrogens with zero attached hydrogens (tertiary/aromatic N) is 1. The number of carboxylic acids is 1. The molecule has 0 amide bonds. The molecule has 100 valence electrons. The Bertz CT molecular complexity index is 654. The van der Waals surface area contributed by atoms with Gasteiger partial charge in [-0.1, -0.05) is 13.0 Å². The van der Waals surface area contributed by atoms with Crippen molar-refractivity contribution in [3.05, 3.63) is 35.0 Å². The van der Waals surface area contributed by atoms with Crippen molar-refractivity contribution in [3.63, 3.8) is 0 Å². The highest BCUT2D eigenvalue weighted by molar-refractivity contribution is 5.87. The second-order valence-electron chi connectivity index (χ2n) is 5.46. The summed E-state index contributed by atoms with van der Waals surface area (Å²) in [6.07, 6.45) is 2.84. The SMILES string of the molecule is CCC(C(=O)O)c1cc2c3c(c1)cc(C)n3CCC2. The van der Waals surface area contributed by atoms with Crippen LogP contribution in [-0.2, 0) is 17.8 Å². The van der Waals surface area contributed by atoms with E-state index in [1.807, 2.05) is 6.92 Å². The minimum absolute atomic E-state index is 0.383. The number of rotatable bonds is 3. The van der Waals surface area contributed by atoms with Crippen molar-refractivity contribution in [2.75, 3.05) is 0 Å². The highest BCUT2D eigenvalue weighted by atomic mass is 16.4. The van der Waals surface area contributed by atoms with Crippen molar-refractivity contribution in [1.29, 1.82) is 0 Å². The van der Waals surface area contributed by atoms with Gasteiger partial charge in [0.25, 0.3) is 0 Å².